The first-order valence-electron chi connectivity index (χ1n) is 33.6. The predicted molar refractivity (Wildman–Crippen MR) is 426 cm³/mol. The fraction of sp³-hybridized carbons (Fsp3) is 0.0833. The lowest BCUT2D eigenvalue weighted by Gasteiger charge is -2.12. The lowest BCUT2D eigenvalue weighted by Crippen LogP contribution is -2.23. The van der Waals surface area contributed by atoms with Gasteiger partial charge in [-0.25, -0.2) is 14.8 Å². The van der Waals surface area contributed by atoms with Crippen LogP contribution in [0.3, 0.4) is 0 Å². The Balaban J connectivity index is 0.000000172. The van der Waals surface area contributed by atoms with Crippen molar-refractivity contribution in [2.24, 2.45) is 30.4 Å². The second-order valence-corrected chi connectivity index (χ2v) is 27.0. The van der Waals surface area contributed by atoms with Crippen molar-refractivity contribution in [3.8, 4) is 23.0 Å². The summed E-state index contributed by atoms with van der Waals surface area (Å²) in [5, 5.41) is 56.8. The van der Waals surface area contributed by atoms with Gasteiger partial charge in [-0.15, -0.1) is 10.2 Å². The minimum absolute atomic E-state index is 0.0131. The number of hydrogen-bond donors (Lipinski definition) is 7. The molecule has 0 unspecified atom stereocenters. The first kappa shape index (κ1) is 70.6. The van der Waals surface area contributed by atoms with Crippen LogP contribution in [0, 0.1) is 20.4 Å². The Hall–Kier alpha value is -13.0. The SMILES string of the molecule is COc1ccc(CC(=O)c2cc3ccc4c5ccccc5[nH]c4c3c(N=Nc3ccc(N=C4NC(=O)c5c(Cl)c(Cl)c(Cl)c(Cl)c54)cc3)c2O)c(C)c1.[C-]#[N+]/C(C(=O)NC)=C1/NC(=Nc2ccc(N=Nc3c(O)c(C(=O)Cc4ccc(OC)cc4C)cc4ccc5c6ccccc6[nH]c5c34)cc2)c2ccccc21. The third-order valence-electron chi connectivity index (χ3n) is 19.0. The molecule has 14 aromatic rings. The number of carbonyl (C=O) groups excluding carboxylic acids is 4. The van der Waals surface area contributed by atoms with Crippen LogP contribution in [-0.2, 0) is 17.6 Å². The fourth-order valence-electron chi connectivity index (χ4n) is 13.5. The van der Waals surface area contributed by atoms with Crippen molar-refractivity contribution < 1.29 is 38.9 Å². The van der Waals surface area contributed by atoms with Gasteiger partial charge in [-0.05, 0) is 149 Å². The average molecular weight is 1510 g/mol. The van der Waals surface area contributed by atoms with Crippen molar-refractivity contribution >= 4 is 186 Å². The molecule has 2 aromatic heterocycles. The summed E-state index contributed by atoms with van der Waals surface area (Å²) < 4.78 is 10.7. The molecule has 0 radical (unpaired) electrons. The summed E-state index contributed by atoms with van der Waals surface area (Å²) in [6.45, 7) is 11.4. The van der Waals surface area contributed by atoms with Crippen LogP contribution in [0.4, 0.5) is 34.1 Å². The number of aromatic hydroxyl groups is 2. The number of amidine groups is 2. The number of Topliss-reactive ketones (excluding diaryl/α,β-unsaturated/α-hetero) is 2. The van der Waals surface area contributed by atoms with E-state index in [1.54, 1.807) is 80.9 Å². The number of fused-ring (bicyclic) bond motifs is 12. The molecule has 24 heteroatoms. The first-order valence-corrected chi connectivity index (χ1v) is 35.1. The number of nitrogens with one attached hydrogen (secondary N) is 5. The van der Waals surface area contributed by atoms with Gasteiger partial charge >= 0.3 is 0 Å². The van der Waals surface area contributed by atoms with E-state index in [0.717, 1.165) is 76.8 Å². The van der Waals surface area contributed by atoms with Crippen LogP contribution >= 0.6 is 46.4 Å². The zero-order valence-corrected chi connectivity index (χ0v) is 60.9. The molecule has 0 saturated carbocycles. The molecule has 108 heavy (non-hydrogen) atoms. The number of halogens is 4. The summed E-state index contributed by atoms with van der Waals surface area (Å²) in [5.41, 5.74) is 11.5. The molecule has 0 atom stereocenters. The van der Waals surface area contributed by atoms with Gasteiger partial charge in [0.2, 0.25) is 0 Å². The number of carbonyl (C=O) groups is 4. The smallest absolute Gasteiger partial charge is 0.273 e. The van der Waals surface area contributed by atoms with Crippen molar-refractivity contribution in [3.63, 3.8) is 0 Å². The second-order valence-electron chi connectivity index (χ2n) is 25.4. The summed E-state index contributed by atoms with van der Waals surface area (Å²) in [6.07, 6.45) is 0.136. The van der Waals surface area contributed by atoms with Crippen LogP contribution in [0.5, 0.6) is 23.0 Å². The van der Waals surface area contributed by atoms with Crippen LogP contribution in [-0.4, -0.2) is 76.5 Å². The van der Waals surface area contributed by atoms with E-state index in [-0.39, 0.29) is 101 Å². The molecular formula is C84H58Cl4N12O8. The van der Waals surface area contributed by atoms with Crippen molar-refractivity contribution in [3.05, 3.63) is 287 Å². The van der Waals surface area contributed by atoms with Gasteiger partial charge in [0.15, 0.2) is 23.1 Å². The van der Waals surface area contributed by atoms with Crippen molar-refractivity contribution in [2.75, 3.05) is 21.3 Å². The van der Waals surface area contributed by atoms with E-state index < -0.39 is 11.8 Å². The number of rotatable bonds is 15. The molecule has 4 heterocycles. The van der Waals surface area contributed by atoms with E-state index in [1.165, 1.54) is 7.05 Å². The Morgan fingerprint density at radius 1 is 0.500 bits per heavy atom. The van der Waals surface area contributed by atoms with E-state index in [1.807, 2.05) is 141 Å². The van der Waals surface area contributed by atoms with E-state index in [4.69, 9.17) is 67.4 Å². The molecule has 0 spiro atoms. The number of azo groups is 2. The highest BCUT2D eigenvalue weighted by Gasteiger charge is 2.35. The number of H-pyrrole nitrogens is 2. The zero-order chi connectivity index (χ0) is 75.3. The molecule has 0 fully saturated rings. The number of amides is 2. The Morgan fingerprint density at radius 2 is 0.944 bits per heavy atom. The number of hydrogen-bond acceptors (Lipinski definition) is 14. The second kappa shape index (κ2) is 29.1. The summed E-state index contributed by atoms with van der Waals surface area (Å²) in [7, 11) is 4.67. The number of benzene rings is 12. The number of aromatic amines is 2. The highest BCUT2D eigenvalue weighted by atomic mass is 35.5. The van der Waals surface area contributed by atoms with Gasteiger partial charge < -0.3 is 45.6 Å². The number of ketones is 2. The molecule has 7 N–H and O–H groups in total. The van der Waals surface area contributed by atoms with Crippen molar-refractivity contribution in [2.45, 2.75) is 26.7 Å². The quantitative estimate of drug-likeness (QED) is 0.0128. The van der Waals surface area contributed by atoms with Gasteiger partial charge in [0.05, 0.1) is 103 Å². The maximum atomic E-state index is 13.9. The zero-order valence-electron chi connectivity index (χ0n) is 57.9. The Labute approximate surface area is 635 Å². The number of phenolic OH excluding ortho intramolecular Hbond substituents is 2. The monoisotopic (exact) mass is 1500 g/mol. The molecule has 20 nitrogen and oxygen atoms in total. The predicted octanol–water partition coefficient (Wildman–Crippen LogP) is 21.1. The molecule has 0 aliphatic carbocycles. The van der Waals surface area contributed by atoms with Gasteiger partial charge in [0.25, 0.3) is 17.5 Å². The summed E-state index contributed by atoms with van der Waals surface area (Å²) in [6, 6.07) is 59.3. The lowest BCUT2D eigenvalue weighted by atomic mass is 9.95. The number of aromatic nitrogens is 2. The van der Waals surface area contributed by atoms with Gasteiger partial charge in [-0.3, -0.25) is 19.2 Å². The standard InChI is InChI=1S/C44H33N7O4.C40H25Cl4N5O4/c1-24-21-29(55-4)19-13-25(24)23-36(52)34-22-26-14-20-32-30-9-7-8-12-35(30)48-38(32)37(26)40(42(34)53)51-50-28-17-15-27(16-18-28)47-43-33-11-6-5-10-31(33)39(49-43)41(45-2)44(54)46-3;1-18-15-23(53-2)13-7-19(18)17-28(50)26-16-20-8-14-25-24-5-3-4-6-27(24)46-36(25)29(20)37(38(26)51)49-48-22-11-9-21(10-12-22)45-39-30-31(40(52)47-39)33(42)35(44)34(43)32(30)41/h5-22,48,53H,23H2,1,3-4H3,(H,46,54)(H,47,49);3-16,46,51H,17H2,1-2H3,(H,45,47,52)/b41-39+,51-50?;. The van der Waals surface area contributed by atoms with Crippen LogP contribution in [0.15, 0.2) is 230 Å². The highest BCUT2D eigenvalue weighted by Crippen LogP contribution is 2.48. The third-order valence-corrected chi connectivity index (χ3v) is 20.8. The number of aliphatic imine (C=N–C) groups is 2. The van der Waals surface area contributed by atoms with Gasteiger partial charge in [0, 0.05) is 68.8 Å². The first-order chi connectivity index (χ1) is 52.3. The third kappa shape index (κ3) is 13.0. The highest BCUT2D eigenvalue weighted by molar-refractivity contribution is 6.55. The van der Waals surface area contributed by atoms with Crippen LogP contribution in [0.25, 0.3) is 75.7 Å². The number of ether oxygens (including phenoxy) is 2. The molecule has 2 amide bonds. The lowest BCUT2D eigenvalue weighted by molar-refractivity contribution is -0.116. The van der Waals surface area contributed by atoms with E-state index in [9.17, 15) is 29.4 Å². The summed E-state index contributed by atoms with van der Waals surface area (Å²) in [4.78, 5) is 72.6. The number of nitrogens with zero attached hydrogens (tertiary/aromatic N) is 7. The van der Waals surface area contributed by atoms with E-state index in [0.29, 0.717) is 67.5 Å². The molecule has 16 rings (SSSR count). The normalized spacial score (nSPS) is 13.7. The average Bonchev–Trinajstić information content (AvgIpc) is 1.12. The van der Waals surface area contributed by atoms with E-state index >= 15 is 0 Å². The topological polar surface area (TPSA) is 273 Å². The maximum absolute atomic E-state index is 13.9. The Kier molecular flexibility index (Phi) is 19.1. The van der Waals surface area contributed by atoms with Gasteiger partial charge in [0.1, 0.15) is 34.5 Å². The van der Waals surface area contributed by atoms with Crippen LogP contribution in [0.1, 0.15) is 70.0 Å². The molecule has 0 bridgehead atoms. The number of methoxy groups -OCH3 is 2. The largest absolute Gasteiger partial charge is 0.505 e. The van der Waals surface area contributed by atoms with Crippen molar-refractivity contribution in [1.29, 1.82) is 0 Å². The number of para-hydroxylation sites is 2. The van der Waals surface area contributed by atoms with Crippen LogP contribution in [0.2, 0.25) is 20.1 Å². The van der Waals surface area contributed by atoms with Gasteiger partial charge in [-0.1, -0.05) is 143 Å². The minimum atomic E-state index is -0.509. The maximum Gasteiger partial charge on any atom is 0.273 e. The molecule has 0 saturated heterocycles. The van der Waals surface area contributed by atoms with E-state index in [2.05, 4.69) is 56.2 Å². The number of likely N-dealkylation sites (N-methyl/N-ethyl adjacent to an activating group) is 1. The molecule has 12 aromatic carbocycles. The van der Waals surface area contributed by atoms with Crippen molar-refractivity contribution in [1.82, 2.24) is 25.9 Å². The molecule has 530 valence electrons. The number of phenols is 2. The Morgan fingerprint density at radius 3 is 1.41 bits per heavy atom. The summed E-state index contributed by atoms with van der Waals surface area (Å²) in [5.74, 6) is -0.0255. The minimum Gasteiger partial charge on any atom is -0.505 e. The van der Waals surface area contributed by atoms with Crippen LogP contribution < -0.4 is 25.4 Å². The molecular weight excluding hydrogens is 1450 g/mol. The molecule has 2 aliphatic rings. The molecule has 2 aliphatic heterocycles. The van der Waals surface area contributed by atoms with Gasteiger partial charge in [-0.2, -0.15) is 10.2 Å². The summed E-state index contributed by atoms with van der Waals surface area (Å²) >= 11 is 25.2. The fourth-order valence-corrected chi connectivity index (χ4v) is 14.6. The Bertz CT molecular complexity index is 6410. The number of aryl methyl sites for hydroxylation is 2.